The SMILES string of the molecule is CCn1c(-c2noc(C(C)C)n2)nc2c1CNC2. The molecule has 0 spiro atoms. The van der Waals surface area contributed by atoms with Gasteiger partial charge in [0.2, 0.25) is 11.7 Å². The molecular formula is C12H17N5O. The molecule has 1 N–H and O–H groups in total. The fraction of sp³-hybridized carbons (Fsp3) is 0.583. The average Bonchev–Trinajstić information content (AvgIpc) is 3.02. The predicted molar refractivity (Wildman–Crippen MR) is 65.8 cm³/mol. The summed E-state index contributed by atoms with van der Waals surface area (Å²) >= 11 is 0. The van der Waals surface area contributed by atoms with Crippen LogP contribution in [0.2, 0.25) is 0 Å². The third-order valence-electron chi connectivity index (χ3n) is 3.19. The van der Waals surface area contributed by atoms with E-state index in [0.29, 0.717) is 11.7 Å². The van der Waals surface area contributed by atoms with E-state index in [2.05, 4.69) is 31.9 Å². The van der Waals surface area contributed by atoms with Crippen LogP contribution in [0.1, 0.15) is 44.0 Å². The van der Waals surface area contributed by atoms with Crippen LogP contribution in [0, 0.1) is 0 Å². The van der Waals surface area contributed by atoms with Gasteiger partial charge in [0.05, 0.1) is 11.4 Å². The molecule has 0 unspecified atom stereocenters. The summed E-state index contributed by atoms with van der Waals surface area (Å²) in [5, 5.41) is 7.34. The predicted octanol–water partition coefficient (Wildman–Crippen LogP) is 1.68. The van der Waals surface area contributed by atoms with Crippen molar-refractivity contribution in [1.82, 2.24) is 25.0 Å². The molecule has 0 radical (unpaired) electrons. The van der Waals surface area contributed by atoms with Crippen LogP contribution in [0.25, 0.3) is 11.6 Å². The van der Waals surface area contributed by atoms with Crippen molar-refractivity contribution in [2.75, 3.05) is 0 Å². The highest BCUT2D eigenvalue weighted by molar-refractivity contribution is 5.47. The lowest BCUT2D eigenvalue weighted by Crippen LogP contribution is -2.08. The van der Waals surface area contributed by atoms with Crippen molar-refractivity contribution in [3.63, 3.8) is 0 Å². The van der Waals surface area contributed by atoms with E-state index in [1.54, 1.807) is 0 Å². The Hall–Kier alpha value is -1.69. The summed E-state index contributed by atoms with van der Waals surface area (Å²) in [7, 11) is 0. The number of aromatic nitrogens is 4. The van der Waals surface area contributed by atoms with Gasteiger partial charge in [-0.2, -0.15) is 4.98 Å². The topological polar surface area (TPSA) is 68.8 Å². The zero-order valence-corrected chi connectivity index (χ0v) is 10.9. The Balaban J connectivity index is 2.05. The number of nitrogens with one attached hydrogen (secondary N) is 1. The lowest BCUT2D eigenvalue weighted by Gasteiger charge is -2.04. The van der Waals surface area contributed by atoms with Crippen LogP contribution in [0.4, 0.5) is 0 Å². The van der Waals surface area contributed by atoms with Crippen LogP contribution < -0.4 is 5.32 Å². The van der Waals surface area contributed by atoms with Gasteiger partial charge >= 0.3 is 0 Å². The number of imidazole rings is 1. The maximum Gasteiger partial charge on any atom is 0.238 e. The molecule has 3 rings (SSSR count). The van der Waals surface area contributed by atoms with Crippen molar-refractivity contribution < 1.29 is 4.52 Å². The van der Waals surface area contributed by atoms with Crippen LogP contribution in [0.15, 0.2) is 4.52 Å². The fourth-order valence-corrected chi connectivity index (χ4v) is 2.25. The molecule has 6 heteroatoms. The maximum atomic E-state index is 5.25. The van der Waals surface area contributed by atoms with Gasteiger partial charge in [-0.05, 0) is 6.92 Å². The summed E-state index contributed by atoms with van der Waals surface area (Å²) in [6, 6.07) is 0. The maximum absolute atomic E-state index is 5.25. The first-order chi connectivity index (χ1) is 8.70. The highest BCUT2D eigenvalue weighted by atomic mass is 16.5. The average molecular weight is 247 g/mol. The molecule has 6 nitrogen and oxygen atoms in total. The zero-order valence-electron chi connectivity index (χ0n) is 10.9. The van der Waals surface area contributed by atoms with Gasteiger partial charge in [0.1, 0.15) is 0 Å². The van der Waals surface area contributed by atoms with Crippen molar-refractivity contribution >= 4 is 0 Å². The first-order valence-corrected chi connectivity index (χ1v) is 6.33. The Bertz CT molecular complexity index is 569. The number of fused-ring (bicyclic) bond motifs is 1. The normalized spacial score (nSPS) is 14.4. The summed E-state index contributed by atoms with van der Waals surface area (Å²) in [6.45, 7) is 8.73. The lowest BCUT2D eigenvalue weighted by molar-refractivity contribution is 0.365. The van der Waals surface area contributed by atoms with Crippen molar-refractivity contribution in [3.05, 3.63) is 17.3 Å². The molecule has 0 atom stereocenters. The third-order valence-corrected chi connectivity index (χ3v) is 3.19. The van der Waals surface area contributed by atoms with Gasteiger partial charge in [-0.1, -0.05) is 19.0 Å². The number of rotatable bonds is 3. The fourth-order valence-electron chi connectivity index (χ4n) is 2.25. The Morgan fingerprint density at radius 2 is 2.17 bits per heavy atom. The molecular weight excluding hydrogens is 230 g/mol. The number of hydrogen-bond acceptors (Lipinski definition) is 5. The summed E-state index contributed by atoms with van der Waals surface area (Å²) in [5.41, 5.74) is 2.34. The van der Waals surface area contributed by atoms with E-state index in [4.69, 9.17) is 4.52 Å². The minimum absolute atomic E-state index is 0.241. The molecule has 1 aliphatic rings. The Kier molecular flexibility index (Phi) is 2.66. The highest BCUT2D eigenvalue weighted by Crippen LogP contribution is 2.24. The monoisotopic (exact) mass is 247 g/mol. The number of hydrogen-bond donors (Lipinski definition) is 1. The molecule has 2 aromatic heterocycles. The Morgan fingerprint density at radius 3 is 2.83 bits per heavy atom. The molecule has 3 heterocycles. The standard InChI is InChI=1S/C12H17N5O/c1-4-17-9-6-13-5-8(9)14-11(17)10-15-12(7(2)3)18-16-10/h7,13H,4-6H2,1-3H3. The summed E-state index contributed by atoms with van der Waals surface area (Å²) in [6.07, 6.45) is 0. The van der Waals surface area contributed by atoms with Crippen LogP contribution in [-0.4, -0.2) is 19.7 Å². The van der Waals surface area contributed by atoms with E-state index in [1.807, 2.05) is 13.8 Å². The van der Waals surface area contributed by atoms with Crippen molar-refractivity contribution in [2.45, 2.75) is 46.3 Å². The summed E-state index contributed by atoms with van der Waals surface area (Å²) < 4.78 is 7.41. The Labute approximate surface area is 105 Å². The number of nitrogens with zero attached hydrogens (tertiary/aromatic N) is 4. The molecule has 0 saturated carbocycles. The van der Waals surface area contributed by atoms with Gasteiger partial charge in [0, 0.05) is 25.6 Å². The van der Waals surface area contributed by atoms with Gasteiger partial charge < -0.3 is 14.4 Å². The summed E-state index contributed by atoms with van der Waals surface area (Å²) in [4.78, 5) is 9.04. The smallest absolute Gasteiger partial charge is 0.238 e. The third kappa shape index (κ3) is 1.64. The van der Waals surface area contributed by atoms with Crippen LogP contribution in [0.3, 0.4) is 0 Å². The lowest BCUT2D eigenvalue weighted by atomic mass is 10.2. The van der Waals surface area contributed by atoms with Gasteiger partial charge in [0.15, 0.2) is 5.82 Å². The minimum atomic E-state index is 0.241. The van der Waals surface area contributed by atoms with Crippen molar-refractivity contribution in [2.24, 2.45) is 0 Å². The Morgan fingerprint density at radius 1 is 1.33 bits per heavy atom. The van der Waals surface area contributed by atoms with E-state index >= 15 is 0 Å². The second-order valence-corrected chi connectivity index (χ2v) is 4.79. The minimum Gasteiger partial charge on any atom is -0.339 e. The second kappa shape index (κ2) is 4.20. The van der Waals surface area contributed by atoms with E-state index in [1.165, 1.54) is 5.69 Å². The molecule has 0 bridgehead atoms. The van der Waals surface area contributed by atoms with Crippen LogP contribution >= 0.6 is 0 Å². The van der Waals surface area contributed by atoms with Gasteiger partial charge in [-0.25, -0.2) is 4.98 Å². The second-order valence-electron chi connectivity index (χ2n) is 4.79. The van der Waals surface area contributed by atoms with Crippen molar-refractivity contribution in [1.29, 1.82) is 0 Å². The van der Waals surface area contributed by atoms with Crippen LogP contribution in [-0.2, 0) is 19.6 Å². The van der Waals surface area contributed by atoms with Gasteiger partial charge in [-0.15, -0.1) is 0 Å². The van der Waals surface area contributed by atoms with E-state index in [0.717, 1.165) is 31.2 Å². The van der Waals surface area contributed by atoms with Crippen molar-refractivity contribution in [3.8, 4) is 11.6 Å². The molecule has 0 fully saturated rings. The molecule has 2 aromatic rings. The highest BCUT2D eigenvalue weighted by Gasteiger charge is 2.24. The molecule has 0 saturated heterocycles. The van der Waals surface area contributed by atoms with E-state index in [9.17, 15) is 0 Å². The molecule has 0 amide bonds. The first-order valence-electron chi connectivity index (χ1n) is 6.33. The molecule has 0 aromatic carbocycles. The largest absolute Gasteiger partial charge is 0.339 e. The summed E-state index contributed by atoms with van der Waals surface area (Å²) in [5.74, 6) is 2.31. The quantitative estimate of drug-likeness (QED) is 0.893. The molecule has 96 valence electrons. The first kappa shape index (κ1) is 11.4. The molecule has 0 aliphatic carbocycles. The molecule has 18 heavy (non-hydrogen) atoms. The van der Waals surface area contributed by atoms with Gasteiger partial charge in [0.25, 0.3) is 0 Å². The molecule has 1 aliphatic heterocycles. The van der Waals surface area contributed by atoms with E-state index < -0.39 is 0 Å². The van der Waals surface area contributed by atoms with E-state index in [-0.39, 0.29) is 5.92 Å². The van der Waals surface area contributed by atoms with Crippen LogP contribution in [0.5, 0.6) is 0 Å². The zero-order chi connectivity index (χ0) is 12.7. The van der Waals surface area contributed by atoms with Gasteiger partial charge in [-0.3, -0.25) is 0 Å².